The van der Waals surface area contributed by atoms with E-state index in [1.807, 2.05) is 26.0 Å². The number of aromatic nitrogens is 1. The lowest BCUT2D eigenvalue weighted by Gasteiger charge is -2.18. The zero-order valence-corrected chi connectivity index (χ0v) is 9.16. The molecule has 1 rings (SSSR count). The first-order chi connectivity index (χ1) is 6.97. The molecule has 0 atom stereocenters. The van der Waals surface area contributed by atoms with Crippen LogP contribution in [-0.2, 0) is 11.2 Å². The van der Waals surface area contributed by atoms with Crippen LogP contribution in [-0.4, -0.2) is 23.0 Å². The number of nitrogens with zero attached hydrogens (tertiary/aromatic N) is 1. The van der Waals surface area contributed by atoms with Crippen molar-refractivity contribution >= 4 is 5.91 Å². The van der Waals surface area contributed by atoms with Crippen LogP contribution in [0.15, 0.2) is 24.5 Å². The van der Waals surface area contributed by atoms with E-state index in [0.717, 1.165) is 5.56 Å². The van der Waals surface area contributed by atoms with Gasteiger partial charge in [0.1, 0.15) is 0 Å². The first kappa shape index (κ1) is 11.7. The largest absolute Gasteiger partial charge is 0.354 e. The molecule has 0 radical (unpaired) electrons. The Morgan fingerprint density at radius 1 is 1.60 bits per heavy atom. The van der Waals surface area contributed by atoms with Gasteiger partial charge in [-0.2, -0.15) is 0 Å². The number of amides is 1. The van der Waals surface area contributed by atoms with Gasteiger partial charge in [-0.25, -0.2) is 0 Å². The van der Waals surface area contributed by atoms with E-state index in [2.05, 4.69) is 10.3 Å². The first-order valence-electron chi connectivity index (χ1n) is 4.92. The molecule has 0 aliphatic carbocycles. The Bertz CT molecular complexity index is 316. The summed E-state index contributed by atoms with van der Waals surface area (Å²) in [6.45, 7) is 4.22. The van der Waals surface area contributed by atoms with Gasteiger partial charge in [0.05, 0.1) is 6.42 Å². The van der Waals surface area contributed by atoms with Gasteiger partial charge in [0.25, 0.3) is 0 Å². The summed E-state index contributed by atoms with van der Waals surface area (Å²) in [6.07, 6.45) is 3.72. The minimum Gasteiger partial charge on any atom is -0.354 e. The number of nitrogens with one attached hydrogen (secondary N) is 1. The zero-order chi connectivity index (χ0) is 11.3. The van der Waals surface area contributed by atoms with E-state index in [1.165, 1.54) is 0 Å². The van der Waals surface area contributed by atoms with Crippen molar-refractivity contribution in [2.75, 3.05) is 6.54 Å². The highest BCUT2D eigenvalue weighted by molar-refractivity contribution is 5.78. The zero-order valence-electron chi connectivity index (χ0n) is 9.16. The summed E-state index contributed by atoms with van der Waals surface area (Å²) >= 11 is 0. The molecular weight excluding hydrogens is 190 g/mol. The molecule has 0 aliphatic rings. The van der Waals surface area contributed by atoms with Crippen LogP contribution in [0, 0.1) is 0 Å². The number of carbonyl (C=O) groups excluding carboxylic acids is 1. The van der Waals surface area contributed by atoms with Crippen LogP contribution in [0.4, 0.5) is 0 Å². The Balaban J connectivity index is 2.38. The third-order valence-corrected chi connectivity index (χ3v) is 1.83. The average molecular weight is 207 g/mol. The van der Waals surface area contributed by atoms with Crippen molar-refractivity contribution in [1.82, 2.24) is 10.3 Å². The smallest absolute Gasteiger partial charge is 0.224 e. The highest BCUT2D eigenvalue weighted by Crippen LogP contribution is 1.98. The third kappa shape index (κ3) is 5.12. The molecular formula is C11H17N3O. The summed E-state index contributed by atoms with van der Waals surface area (Å²) in [6, 6.07) is 3.69. The number of hydrogen-bond acceptors (Lipinski definition) is 3. The number of hydrogen-bond donors (Lipinski definition) is 2. The minimum absolute atomic E-state index is 0.0264. The van der Waals surface area contributed by atoms with E-state index in [4.69, 9.17) is 5.73 Å². The van der Waals surface area contributed by atoms with Gasteiger partial charge in [-0.3, -0.25) is 9.78 Å². The highest BCUT2D eigenvalue weighted by atomic mass is 16.1. The van der Waals surface area contributed by atoms with Gasteiger partial charge in [0.2, 0.25) is 5.91 Å². The fourth-order valence-electron chi connectivity index (χ4n) is 1.08. The number of rotatable bonds is 4. The lowest BCUT2D eigenvalue weighted by molar-refractivity contribution is -0.120. The lowest BCUT2D eigenvalue weighted by Crippen LogP contribution is -2.45. The summed E-state index contributed by atoms with van der Waals surface area (Å²) in [5.74, 6) is -0.0264. The minimum atomic E-state index is -0.370. The third-order valence-electron chi connectivity index (χ3n) is 1.83. The lowest BCUT2D eigenvalue weighted by atomic mass is 10.1. The summed E-state index contributed by atoms with van der Waals surface area (Å²) in [7, 11) is 0. The van der Waals surface area contributed by atoms with Crippen LogP contribution in [0.25, 0.3) is 0 Å². The second kappa shape index (κ2) is 4.89. The van der Waals surface area contributed by atoms with Gasteiger partial charge in [-0.05, 0) is 25.5 Å². The van der Waals surface area contributed by atoms with Crippen molar-refractivity contribution in [3.8, 4) is 0 Å². The molecule has 0 saturated heterocycles. The van der Waals surface area contributed by atoms with E-state index < -0.39 is 0 Å². The van der Waals surface area contributed by atoms with Crippen LogP contribution < -0.4 is 11.1 Å². The SMILES string of the molecule is CC(C)(N)CNC(=O)Cc1cccnc1. The molecule has 0 fully saturated rings. The standard InChI is InChI=1S/C11H17N3O/c1-11(2,12)8-14-10(15)6-9-4-3-5-13-7-9/h3-5,7H,6,8,12H2,1-2H3,(H,14,15). The Hall–Kier alpha value is -1.42. The fraction of sp³-hybridized carbons (Fsp3) is 0.455. The average Bonchev–Trinajstić information content (AvgIpc) is 2.15. The number of carbonyl (C=O) groups is 1. The van der Waals surface area contributed by atoms with Gasteiger partial charge in [-0.1, -0.05) is 6.07 Å². The molecule has 0 spiro atoms. The van der Waals surface area contributed by atoms with E-state index in [0.29, 0.717) is 13.0 Å². The van der Waals surface area contributed by atoms with Gasteiger partial charge in [0, 0.05) is 24.5 Å². The van der Waals surface area contributed by atoms with Gasteiger partial charge < -0.3 is 11.1 Å². The Kier molecular flexibility index (Phi) is 3.80. The molecule has 82 valence electrons. The Morgan fingerprint density at radius 2 is 2.33 bits per heavy atom. The predicted octanol–water partition coefficient (Wildman–Crippen LogP) is 0.478. The second-order valence-electron chi connectivity index (χ2n) is 4.30. The fourth-order valence-corrected chi connectivity index (χ4v) is 1.08. The van der Waals surface area contributed by atoms with E-state index in [1.54, 1.807) is 12.4 Å². The Morgan fingerprint density at radius 3 is 2.87 bits per heavy atom. The molecule has 15 heavy (non-hydrogen) atoms. The maximum Gasteiger partial charge on any atom is 0.224 e. The monoisotopic (exact) mass is 207 g/mol. The molecule has 1 heterocycles. The summed E-state index contributed by atoms with van der Waals surface area (Å²) in [5, 5.41) is 2.78. The van der Waals surface area contributed by atoms with Gasteiger partial charge in [0.15, 0.2) is 0 Å². The second-order valence-corrected chi connectivity index (χ2v) is 4.30. The van der Waals surface area contributed by atoms with Crippen LogP contribution in [0.1, 0.15) is 19.4 Å². The molecule has 1 aromatic rings. The van der Waals surface area contributed by atoms with E-state index in [9.17, 15) is 4.79 Å². The summed E-state index contributed by atoms with van der Waals surface area (Å²) < 4.78 is 0. The molecule has 0 saturated carbocycles. The maximum atomic E-state index is 11.5. The predicted molar refractivity (Wildman–Crippen MR) is 59.2 cm³/mol. The van der Waals surface area contributed by atoms with Gasteiger partial charge >= 0.3 is 0 Å². The van der Waals surface area contributed by atoms with Crippen LogP contribution in [0.3, 0.4) is 0 Å². The molecule has 1 amide bonds. The molecule has 4 nitrogen and oxygen atoms in total. The van der Waals surface area contributed by atoms with E-state index in [-0.39, 0.29) is 11.4 Å². The normalized spacial score (nSPS) is 11.1. The molecule has 0 unspecified atom stereocenters. The van der Waals surface area contributed by atoms with Crippen molar-refractivity contribution in [2.24, 2.45) is 5.73 Å². The van der Waals surface area contributed by atoms with Crippen LogP contribution in [0.2, 0.25) is 0 Å². The molecule has 4 heteroatoms. The molecule has 1 aromatic heterocycles. The van der Waals surface area contributed by atoms with Crippen molar-refractivity contribution in [2.45, 2.75) is 25.8 Å². The first-order valence-corrected chi connectivity index (χ1v) is 4.92. The molecule has 0 bridgehead atoms. The maximum absolute atomic E-state index is 11.5. The van der Waals surface area contributed by atoms with Crippen molar-refractivity contribution in [3.63, 3.8) is 0 Å². The molecule has 0 aromatic carbocycles. The molecule has 0 aliphatic heterocycles. The topological polar surface area (TPSA) is 68.0 Å². The van der Waals surface area contributed by atoms with Crippen LogP contribution in [0.5, 0.6) is 0 Å². The van der Waals surface area contributed by atoms with Crippen molar-refractivity contribution in [3.05, 3.63) is 30.1 Å². The van der Waals surface area contributed by atoms with Crippen molar-refractivity contribution in [1.29, 1.82) is 0 Å². The number of pyridine rings is 1. The number of nitrogens with two attached hydrogens (primary N) is 1. The quantitative estimate of drug-likeness (QED) is 0.754. The van der Waals surface area contributed by atoms with Gasteiger partial charge in [-0.15, -0.1) is 0 Å². The highest BCUT2D eigenvalue weighted by Gasteiger charge is 2.12. The van der Waals surface area contributed by atoms with Crippen LogP contribution >= 0.6 is 0 Å². The molecule has 3 N–H and O–H groups in total. The summed E-state index contributed by atoms with van der Waals surface area (Å²) in [5.41, 5.74) is 6.29. The summed E-state index contributed by atoms with van der Waals surface area (Å²) in [4.78, 5) is 15.4. The van der Waals surface area contributed by atoms with Crippen molar-refractivity contribution < 1.29 is 4.79 Å². The van der Waals surface area contributed by atoms with E-state index >= 15 is 0 Å². The Labute approximate surface area is 89.9 Å².